The molecular formula is C7H9NOS. The van der Waals surface area contributed by atoms with Crippen molar-refractivity contribution >= 4 is 11.3 Å². The van der Waals surface area contributed by atoms with Crippen LogP contribution in [0.15, 0.2) is 5.51 Å². The second-order valence-corrected chi connectivity index (χ2v) is 3.45. The molecule has 0 unspecified atom stereocenters. The van der Waals surface area contributed by atoms with E-state index in [4.69, 9.17) is 4.74 Å². The highest BCUT2D eigenvalue weighted by atomic mass is 32.1. The van der Waals surface area contributed by atoms with Crippen molar-refractivity contribution in [2.45, 2.75) is 19.3 Å². The lowest BCUT2D eigenvalue weighted by atomic mass is 10.1. The number of hydrogen-bond donors (Lipinski definition) is 0. The summed E-state index contributed by atoms with van der Waals surface area (Å²) in [5, 5.41) is 0. The smallest absolute Gasteiger partial charge is 0.227 e. The van der Waals surface area contributed by atoms with Crippen LogP contribution in [0, 0.1) is 0 Å². The highest BCUT2D eigenvalue weighted by molar-refractivity contribution is 7.10. The normalized spacial score (nSPS) is 23.5. The number of ether oxygens (including phenoxy) is 1. The molecule has 1 aromatic rings. The fourth-order valence-electron chi connectivity index (χ4n) is 1.14. The Morgan fingerprint density at radius 3 is 3.50 bits per heavy atom. The van der Waals surface area contributed by atoms with Gasteiger partial charge in [-0.15, -0.1) is 11.3 Å². The van der Waals surface area contributed by atoms with Gasteiger partial charge >= 0.3 is 0 Å². The minimum absolute atomic E-state index is 0.649. The summed E-state index contributed by atoms with van der Waals surface area (Å²) in [7, 11) is 0. The first-order valence-electron chi connectivity index (χ1n) is 3.44. The van der Waals surface area contributed by atoms with E-state index >= 15 is 0 Å². The van der Waals surface area contributed by atoms with Gasteiger partial charge in [0.1, 0.15) is 0 Å². The van der Waals surface area contributed by atoms with E-state index in [0.29, 0.717) is 5.92 Å². The summed E-state index contributed by atoms with van der Waals surface area (Å²) >= 11 is 1.70. The van der Waals surface area contributed by atoms with Gasteiger partial charge in [-0.05, 0) is 12.3 Å². The summed E-state index contributed by atoms with van der Waals surface area (Å²) in [5.74, 6) is 1.51. The molecule has 1 aliphatic heterocycles. The first-order valence-corrected chi connectivity index (χ1v) is 4.32. The van der Waals surface area contributed by atoms with Gasteiger partial charge in [-0.1, -0.05) is 6.92 Å². The van der Waals surface area contributed by atoms with Crippen molar-refractivity contribution in [3.8, 4) is 5.88 Å². The van der Waals surface area contributed by atoms with Gasteiger partial charge in [0.2, 0.25) is 5.88 Å². The Hall–Kier alpha value is -0.570. The number of aromatic nitrogens is 1. The predicted molar refractivity (Wildman–Crippen MR) is 40.6 cm³/mol. The van der Waals surface area contributed by atoms with Crippen LogP contribution in [0.2, 0.25) is 0 Å². The molecule has 10 heavy (non-hydrogen) atoms. The Bertz CT molecular complexity index is 233. The molecule has 0 aliphatic carbocycles. The fraction of sp³-hybridized carbons (Fsp3) is 0.571. The summed E-state index contributed by atoms with van der Waals surface area (Å²) in [6.45, 7) is 3.05. The monoisotopic (exact) mass is 155 g/mol. The van der Waals surface area contributed by atoms with Crippen molar-refractivity contribution in [3.05, 3.63) is 10.4 Å². The lowest BCUT2D eigenvalue weighted by Crippen LogP contribution is -2.09. The maximum absolute atomic E-state index is 5.33. The van der Waals surface area contributed by atoms with Gasteiger partial charge in [0.05, 0.1) is 17.0 Å². The number of nitrogens with zero attached hydrogens (tertiary/aromatic N) is 1. The topological polar surface area (TPSA) is 22.1 Å². The highest BCUT2D eigenvalue weighted by Crippen LogP contribution is 2.34. The summed E-state index contributed by atoms with van der Waals surface area (Å²) in [6, 6.07) is 0. The first kappa shape index (κ1) is 6.16. The standard InChI is InChI=1S/C7H9NOS/c1-5-2-3-9-7-6(5)10-4-8-7/h4-5H,2-3H2,1H3/t5-/m1/s1. The molecule has 0 fully saturated rings. The Morgan fingerprint density at radius 2 is 2.70 bits per heavy atom. The fourth-order valence-corrected chi connectivity index (χ4v) is 1.97. The van der Waals surface area contributed by atoms with Crippen molar-refractivity contribution in [2.24, 2.45) is 0 Å². The lowest BCUT2D eigenvalue weighted by Gasteiger charge is -2.16. The summed E-state index contributed by atoms with van der Waals surface area (Å²) in [4.78, 5) is 5.41. The third-order valence-corrected chi connectivity index (χ3v) is 2.84. The molecule has 0 amide bonds. The molecule has 0 spiro atoms. The molecule has 2 nitrogen and oxygen atoms in total. The van der Waals surface area contributed by atoms with E-state index in [2.05, 4.69) is 11.9 Å². The molecule has 2 rings (SSSR count). The maximum Gasteiger partial charge on any atom is 0.227 e. The SMILES string of the molecule is C[C@@H]1CCOc2ncsc21. The van der Waals surface area contributed by atoms with Crippen molar-refractivity contribution in [2.75, 3.05) is 6.61 Å². The highest BCUT2D eigenvalue weighted by Gasteiger charge is 2.19. The molecule has 0 saturated heterocycles. The largest absolute Gasteiger partial charge is 0.477 e. The van der Waals surface area contributed by atoms with Crippen LogP contribution in [0.3, 0.4) is 0 Å². The van der Waals surface area contributed by atoms with Crippen molar-refractivity contribution in [1.82, 2.24) is 4.98 Å². The van der Waals surface area contributed by atoms with Crippen molar-refractivity contribution in [1.29, 1.82) is 0 Å². The first-order chi connectivity index (χ1) is 4.88. The summed E-state index contributed by atoms with van der Waals surface area (Å²) in [6.07, 6.45) is 1.13. The Morgan fingerprint density at radius 1 is 1.80 bits per heavy atom. The van der Waals surface area contributed by atoms with E-state index in [1.54, 1.807) is 11.3 Å². The second-order valence-electron chi connectivity index (χ2n) is 2.56. The molecule has 1 aromatic heterocycles. The van der Waals surface area contributed by atoms with E-state index in [1.165, 1.54) is 4.88 Å². The molecule has 0 radical (unpaired) electrons. The molecule has 0 N–H and O–H groups in total. The zero-order chi connectivity index (χ0) is 6.97. The Labute approximate surface area is 63.9 Å². The quantitative estimate of drug-likeness (QED) is 0.572. The molecular weight excluding hydrogens is 146 g/mol. The Balaban J connectivity index is 2.41. The summed E-state index contributed by atoms with van der Waals surface area (Å²) in [5.41, 5.74) is 1.85. The van der Waals surface area contributed by atoms with Crippen LogP contribution in [0.5, 0.6) is 5.88 Å². The molecule has 1 aliphatic rings. The number of fused-ring (bicyclic) bond motifs is 1. The van der Waals surface area contributed by atoms with Crippen LogP contribution < -0.4 is 4.74 Å². The summed E-state index contributed by atoms with van der Waals surface area (Å²) < 4.78 is 5.33. The molecule has 3 heteroatoms. The van der Waals surface area contributed by atoms with Crippen LogP contribution in [0.1, 0.15) is 24.1 Å². The number of thiazole rings is 1. The van der Waals surface area contributed by atoms with Crippen LogP contribution in [-0.2, 0) is 0 Å². The third-order valence-electron chi connectivity index (χ3n) is 1.80. The molecule has 0 aromatic carbocycles. The average molecular weight is 155 g/mol. The van der Waals surface area contributed by atoms with Gasteiger partial charge < -0.3 is 4.74 Å². The minimum Gasteiger partial charge on any atom is -0.477 e. The zero-order valence-electron chi connectivity index (χ0n) is 5.83. The van der Waals surface area contributed by atoms with Crippen molar-refractivity contribution in [3.63, 3.8) is 0 Å². The third kappa shape index (κ3) is 0.814. The van der Waals surface area contributed by atoms with Crippen LogP contribution in [0.25, 0.3) is 0 Å². The van der Waals surface area contributed by atoms with E-state index in [-0.39, 0.29) is 0 Å². The van der Waals surface area contributed by atoms with Gasteiger partial charge in [0.25, 0.3) is 0 Å². The average Bonchev–Trinajstić information content (AvgIpc) is 2.36. The van der Waals surface area contributed by atoms with Crippen molar-refractivity contribution < 1.29 is 4.74 Å². The van der Waals surface area contributed by atoms with Gasteiger partial charge in [-0.3, -0.25) is 0 Å². The van der Waals surface area contributed by atoms with Crippen LogP contribution >= 0.6 is 11.3 Å². The van der Waals surface area contributed by atoms with E-state index < -0.39 is 0 Å². The maximum atomic E-state index is 5.33. The van der Waals surface area contributed by atoms with E-state index in [1.807, 2.05) is 5.51 Å². The van der Waals surface area contributed by atoms with E-state index in [0.717, 1.165) is 18.9 Å². The molecule has 2 heterocycles. The Kier molecular flexibility index (Phi) is 1.38. The van der Waals surface area contributed by atoms with Gasteiger partial charge in [0, 0.05) is 0 Å². The zero-order valence-corrected chi connectivity index (χ0v) is 6.65. The lowest BCUT2D eigenvalue weighted by molar-refractivity contribution is 0.265. The number of hydrogen-bond acceptors (Lipinski definition) is 3. The molecule has 0 saturated carbocycles. The molecule has 54 valence electrons. The van der Waals surface area contributed by atoms with E-state index in [9.17, 15) is 0 Å². The van der Waals surface area contributed by atoms with Crippen LogP contribution in [-0.4, -0.2) is 11.6 Å². The van der Waals surface area contributed by atoms with Gasteiger partial charge in [0.15, 0.2) is 0 Å². The van der Waals surface area contributed by atoms with Gasteiger partial charge in [-0.25, -0.2) is 4.98 Å². The molecule has 0 bridgehead atoms. The second kappa shape index (κ2) is 2.23. The molecule has 1 atom stereocenters. The predicted octanol–water partition coefficient (Wildman–Crippen LogP) is 2.03. The number of rotatable bonds is 0. The van der Waals surface area contributed by atoms with Gasteiger partial charge in [-0.2, -0.15) is 0 Å². The minimum atomic E-state index is 0.649. The van der Waals surface area contributed by atoms with Crippen LogP contribution in [0.4, 0.5) is 0 Å².